The first kappa shape index (κ1) is 19.2. The summed E-state index contributed by atoms with van der Waals surface area (Å²) in [5, 5.41) is 2.13. The fourth-order valence-corrected chi connectivity index (χ4v) is 5.12. The molecule has 2 amide bonds. The Balaban J connectivity index is 1.62. The highest BCUT2D eigenvalue weighted by Crippen LogP contribution is 2.39. The molecule has 1 unspecified atom stereocenters. The minimum Gasteiger partial charge on any atom is -0.330 e. The van der Waals surface area contributed by atoms with E-state index in [4.69, 9.17) is 0 Å². The van der Waals surface area contributed by atoms with E-state index in [1.54, 1.807) is 11.3 Å². The highest BCUT2D eigenvalue weighted by atomic mass is 32.1. The van der Waals surface area contributed by atoms with Crippen LogP contribution in [0.15, 0.2) is 35.7 Å². The van der Waals surface area contributed by atoms with E-state index in [2.05, 4.69) is 30.5 Å². The Morgan fingerprint density at radius 2 is 1.96 bits per heavy atom. The van der Waals surface area contributed by atoms with Gasteiger partial charge < -0.3 is 9.80 Å². The minimum absolute atomic E-state index is 0.0500. The Kier molecular flexibility index (Phi) is 5.54. The first-order chi connectivity index (χ1) is 13.6. The van der Waals surface area contributed by atoms with E-state index in [0.29, 0.717) is 13.0 Å². The van der Waals surface area contributed by atoms with Gasteiger partial charge in [-0.15, -0.1) is 11.3 Å². The molecule has 1 saturated carbocycles. The van der Waals surface area contributed by atoms with Gasteiger partial charge >= 0.3 is 0 Å². The molecule has 1 aliphatic carbocycles. The van der Waals surface area contributed by atoms with E-state index in [1.165, 1.54) is 21.6 Å². The molecule has 1 atom stereocenters. The van der Waals surface area contributed by atoms with Crippen LogP contribution in [0.4, 0.5) is 0 Å². The quantitative estimate of drug-likeness (QED) is 0.729. The van der Waals surface area contributed by atoms with Crippen LogP contribution in [0.3, 0.4) is 0 Å². The number of aryl methyl sites for hydroxylation is 1. The van der Waals surface area contributed by atoms with Crippen molar-refractivity contribution >= 4 is 23.2 Å². The van der Waals surface area contributed by atoms with Crippen molar-refractivity contribution in [3.63, 3.8) is 0 Å². The van der Waals surface area contributed by atoms with Crippen molar-refractivity contribution in [3.05, 3.63) is 57.3 Å². The monoisotopic (exact) mass is 396 g/mol. The Morgan fingerprint density at radius 1 is 1.18 bits per heavy atom. The van der Waals surface area contributed by atoms with Gasteiger partial charge in [0.25, 0.3) is 0 Å². The molecule has 2 heterocycles. The molecule has 0 saturated heterocycles. The smallest absolute Gasteiger partial charge is 0.243 e. The summed E-state index contributed by atoms with van der Waals surface area (Å²) in [7, 11) is 0. The van der Waals surface area contributed by atoms with Crippen LogP contribution in [-0.4, -0.2) is 40.7 Å². The standard InChI is InChI=1S/C23H28N2O2S/c1-3-6-21(26)25(17-9-10-17)15-22(27)24-13-11-20-19(12-14-28-20)23(24)18-8-5-4-7-16(18)2/h4-5,7-8,12,14,17,23H,3,6,9-11,13,15H2,1-2H3. The molecule has 1 aromatic carbocycles. The molecule has 0 bridgehead atoms. The first-order valence-corrected chi connectivity index (χ1v) is 11.2. The van der Waals surface area contributed by atoms with Gasteiger partial charge in [-0.25, -0.2) is 0 Å². The van der Waals surface area contributed by atoms with Gasteiger partial charge in [0.15, 0.2) is 0 Å². The largest absolute Gasteiger partial charge is 0.330 e. The number of hydrogen-bond acceptors (Lipinski definition) is 3. The lowest BCUT2D eigenvalue weighted by atomic mass is 9.90. The van der Waals surface area contributed by atoms with Crippen LogP contribution in [0.1, 0.15) is 60.2 Å². The number of amides is 2. The molecule has 0 radical (unpaired) electrons. The van der Waals surface area contributed by atoms with Gasteiger partial charge in [0.05, 0.1) is 6.04 Å². The predicted molar refractivity (Wildman–Crippen MR) is 112 cm³/mol. The molecule has 0 N–H and O–H groups in total. The van der Waals surface area contributed by atoms with E-state index in [0.717, 1.165) is 25.7 Å². The van der Waals surface area contributed by atoms with E-state index < -0.39 is 0 Å². The number of rotatable bonds is 6. The zero-order valence-corrected chi connectivity index (χ0v) is 17.5. The van der Waals surface area contributed by atoms with Crippen LogP contribution in [0.2, 0.25) is 0 Å². The highest BCUT2D eigenvalue weighted by Gasteiger charge is 2.38. The number of nitrogens with zero attached hydrogens (tertiary/aromatic N) is 2. The molecule has 1 fully saturated rings. The summed E-state index contributed by atoms with van der Waals surface area (Å²) in [5.41, 5.74) is 3.63. The molecule has 4 rings (SSSR count). The zero-order valence-electron chi connectivity index (χ0n) is 16.7. The summed E-state index contributed by atoms with van der Waals surface area (Å²) in [6.45, 7) is 5.05. The number of fused-ring (bicyclic) bond motifs is 1. The van der Waals surface area contributed by atoms with Gasteiger partial charge in [0.1, 0.15) is 6.54 Å². The normalized spacial score (nSPS) is 18.6. The lowest BCUT2D eigenvalue weighted by Gasteiger charge is -2.38. The molecule has 2 aliphatic rings. The van der Waals surface area contributed by atoms with Crippen LogP contribution in [0, 0.1) is 6.92 Å². The third-order valence-electron chi connectivity index (χ3n) is 5.85. The Morgan fingerprint density at radius 3 is 2.68 bits per heavy atom. The molecule has 0 spiro atoms. The molecule has 2 aromatic rings. The summed E-state index contributed by atoms with van der Waals surface area (Å²) in [4.78, 5) is 31.2. The second-order valence-corrected chi connectivity index (χ2v) is 8.90. The van der Waals surface area contributed by atoms with Crippen molar-refractivity contribution < 1.29 is 9.59 Å². The topological polar surface area (TPSA) is 40.6 Å². The van der Waals surface area contributed by atoms with Crippen LogP contribution in [0.25, 0.3) is 0 Å². The summed E-state index contributed by atoms with van der Waals surface area (Å²) < 4.78 is 0. The number of hydrogen-bond donors (Lipinski definition) is 0. The summed E-state index contributed by atoms with van der Waals surface area (Å²) >= 11 is 1.78. The van der Waals surface area contributed by atoms with Gasteiger partial charge in [-0.05, 0) is 60.7 Å². The number of benzene rings is 1. The van der Waals surface area contributed by atoms with E-state index in [-0.39, 0.29) is 30.4 Å². The molecule has 4 nitrogen and oxygen atoms in total. The van der Waals surface area contributed by atoms with Crippen molar-refractivity contribution in [1.82, 2.24) is 9.80 Å². The molecular weight excluding hydrogens is 368 g/mol. The highest BCUT2D eigenvalue weighted by molar-refractivity contribution is 7.10. The van der Waals surface area contributed by atoms with E-state index in [1.807, 2.05) is 28.9 Å². The molecule has 1 aliphatic heterocycles. The van der Waals surface area contributed by atoms with Crippen molar-refractivity contribution in [3.8, 4) is 0 Å². The second kappa shape index (κ2) is 8.08. The molecule has 1 aromatic heterocycles. The molecule has 148 valence electrons. The van der Waals surface area contributed by atoms with Crippen LogP contribution >= 0.6 is 11.3 Å². The molecular formula is C23H28N2O2S. The maximum Gasteiger partial charge on any atom is 0.243 e. The Labute approximate surface area is 171 Å². The van der Waals surface area contributed by atoms with Gasteiger partial charge in [-0.3, -0.25) is 9.59 Å². The molecule has 5 heteroatoms. The Bertz CT molecular complexity index is 871. The van der Waals surface area contributed by atoms with Gasteiger partial charge in [0, 0.05) is 23.9 Å². The van der Waals surface area contributed by atoms with Gasteiger partial charge in [0.2, 0.25) is 11.8 Å². The van der Waals surface area contributed by atoms with E-state index >= 15 is 0 Å². The zero-order chi connectivity index (χ0) is 19.7. The molecule has 28 heavy (non-hydrogen) atoms. The van der Waals surface area contributed by atoms with Crippen molar-refractivity contribution in [2.75, 3.05) is 13.1 Å². The average Bonchev–Trinajstić information content (AvgIpc) is 3.41. The average molecular weight is 397 g/mol. The fraction of sp³-hybridized carbons (Fsp3) is 0.478. The van der Waals surface area contributed by atoms with Crippen LogP contribution in [0.5, 0.6) is 0 Å². The number of carbonyl (C=O) groups is 2. The van der Waals surface area contributed by atoms with Crippen molar-refractivity contribution in [2.45, 2.75) is 58.0 Å². The van der Waals surface area contributed by atoms with Crippen LogP contribution < -0.4 is 0 Å². The lowest BCUT2D eigenvalue weighted by Crippen LogP contribution is -2.47. The first-order valence-electron chi connectivity index (χ1n) is 10.3. The summed E-state index contributed by atoms with van der Waals surface area (Å²) in [6.07, 6.45) is 4.30. The lowest BCUT2D eigenvalue weighted by molar-refractivity contribution is -0.142. The predicted octanol–water partition coefficient (Wildman–Crippen LogP) is 4.32. The van der Waals surface area contributed by atoms with Gasteiger partial charge in [-0.1, -0.05) is 31.2 Å². The van der Waals surface area contributed by atoms with Gasteiger partial charge in [-0.2, -0.15) is 0 Å². The Hall–Kier alpha value is -2.14. The third kappa shape index (κ3) is 3.72. The summed E-state index contributed by atoms with van der Waals surface area (Å²) in [5.74, 6) is 0.195. The SMILES string of the molecule is CCCC(=O)N(CC(=O)N1CCc2sccc2C1c1ccccc1C)C1CC1. The van der Waals surface area contributed by atoms with E-state index in [9.17, 15) is 9.59 Å². The second-order valence-electron chi connectivity index (χ2n) is 7.90. The summed E-state index contributed by atoms with van der Waals surface area (Å²) in [6, 6.07) is 10.7. The maximum absolute atomic E-state index is 13.4. The van der Waals surface area contributed by atoms with Crippen molar-refractivity contribution in [1.29, 1.82) is 0 Å². The van der Waals surface area contributed by atoms with Crippen LogP contribution in [-0.2, 0) is 16.0 Å². The number of thiophene rings is 1. The third-order valence-corrected chi connectivity index (χ3v) is 6.84. The fourth-order valence-electron chi connectivity index (χ4n) is 4.22. The minimum atomic E-state index is -0.0500. The number of carbonyl (C=O) groups excluding carboxylic acids is 2. The van der Waals surface area contributed by atoms with Crippen molar-refractivity contribution in [2.24, 2.45) is 0 Å². The maximum atomic E-state index is 13.4.